The Bertz CT molecular complexity index is 1040. The molecule has 1 aliphatic rings. The van der Waals surface area contributed by atoms with Gasteiger partial charge in [0, 0.05) is 28.5 Å². The van der Waals surface area contributed by atoms with Crippen molar-refractivity contribution in [1.29, 1.82) is 0 Å². The topological polar surface area (TPSA) is 99.3 Å². The minimum Gasteiger partial charge on any atom is -0.376 e. The maximum atomic E-state index is 12.7. The SMILES string of the molecule is CC(C)(C)C(=O)Nc1cccc(NC(=O)CNc2ccc(Cl)c(C(=O)NC3CCCCC3)c2)c1. The Balaban J connectivity index is 1.56. The van der Waals surface area contributed by atoms with Gasteiger partial charge in [-0.2, -0.15) is 0 Å². The zero-order valence-electron chi connectivity index (χ0n) is 20.0. The van der Waals surface area contributed by atoms with Gasteiger partial charge in [0.2, 0.25) is 11.8 Å². The first-order valence-corrected chi connectivity index (χ1v) is 12.1. The van der Waals surface area contributed by atoms with Gasteiger partial charge in [0.1, 0.15) is 0 Å². The number of hydrogen-bond donors (Lipinski definition) is 4. The van der Waals surface area contributed by atoms with Crippen LogP contribution in [0, 0.1) is 5.41 Å². The fraction of sp³-hybridized carbons (Fsp3) is 0.423. The van der Waals surface area contributed by atoms with Gasteiger partial charge in [-0.15, -0.1) is 0 Å². The molecule has 0 unspecified atom stereocenters. The zero-order chi connectivity index (χ0) is 24.7. The molecule has 0 saturated heterocycles. The number of carbonyl (C=O) groups is 3. The van der Waals surface area contributed by atoms with Crippen molar-refractivity contribution in [3.05, 3.63) is 53.1 Å². The van der Waals surface area contributed by atoms with Gasteiger partial charge in [0.15, 0.2) is 0 Å². The molecule has 0 aromatic heterocycles. The first-order chi connectivity index (χ1) is 16.1. The fourth-order valence-corrected chi connectivity index (χ4v) is 3.90. The van der Waals surface area contributed by atoms with Crippen LogP contribution in [-0.4, -0.2) is 30.3 Å². The third kappa shape index (κ3) is 7.48. The molecular formula is C26H33ClN4O3. The number of amides is 3. The number of hydrogen-bond acceptors (Lipinski definition) is 4. The van der Waals surface area contributed by atoms with E-state index in [0.717, 1.165) is 25.7 Å². The van der Waals surface area contributed by atoms with Crippen molar-refractivity contribution < 1.29 is 14.4 Å². The lowest BCUT2D eigenvalue weighted by molar-refractivity contribution is -0.123. The number of nitrogens with one attached hydrogen (secondary N) is 4. The molecule has 8 heteroatoms. The lowest BCUT2D eigenvalue weighted by Gasteiger charge is -2.23. The molecule has 1 fully saturated rings. The maximum Gasteiger partial charge on any atom is 0.253 e. The first kappa shape index (κ1) is 25.6. The third-order valence-electron chi connectivity index (χ3n) is 5.69. The van der Waals surface area contributed by atoms with E-state index in [1.165, 1.54) is 6.42 Å². The largest absolute Gasteiger partial charge is 0.376 e. The molecule has 1 saturated carbocycles. The summed E-state index contributed by atoms with van der Waals surface area (Å²) in [7, 11) is 0. The number of anilines is 3. The molecule has 4 N–H and O–H groups in total. The maximum absolute atomic E-state index is 12.7. The molecule has 0 radical (unpaired) electrons. The molecule has 0 spiro atoms. The Morgan fingerprint density at radius 1 is 0.912 bits per heavy atom. The molecule has 0 heterocycles. The van der Waals surface area contributed by atoms with E-state index in [1.807, 2.05) is 20.8 Å². The average Bonchev–Trinajstić information content (AvgIpc) is 2.78. The highest BCUT2D eigenvalue weighted by Crippen LogP contribution is 2.23. The number of carbonyl (C=O) groups excluding carboxylic acids is 3. The number of halogens is 1. The van der Waals surface area contributed by atoms with E-state index in [1.54, 1.807) is 42.5 Å². The van der Waals surface area contributed by atoms with Gasteiger partial charge in [-0.3, -0.25) is 14.4 Å². The fourth-order valence-electron chi connectivity index (χ4n) is 3.70. The summed E-state index contributed by atoms with van der Waals surface area (Å²) in [5.41, 5.74) is 1.67. The molecule has 0 aliphatic heterocycles. The van der Waals surface area contributed by atoms with Crippen LogP contribution in [-0.2, 0) is 9.59 Å². The second kappa shape index (κ2) is 11.4. The summed E-state index contributed by atoms with van der Waals surface area (Å²) in [6.45, 7) is 5.51. The molecule has 182 valence electrons. The van der Waals surface area contributed by atoms with Gasteiger partial charge < -0.3 is 21.3 Å². The highest BCUT2D eigenvalue weighted by Gasteiger charge is 2.21. The van der Waals surface area contributed by atoms with E-state index < -0.39 is 5.41 Å². The molecule has 3 amide bonds. The molecule has 2 aromatic rings. The summed E-state index contributed by atoms with van der Waals surface area (Å²) in [5, 5.41) is 12.1. The average molecular weight is 485 g/mol. The normalized spacial score (nSPS) is 14.2. The predicted octanol–water partition coefficient (Wildman–Crippen LogP) is 5.44. The highest BCUT2D eigenvalue weighted by molar-refractivity contribution is 6.34. The van der Waals surface area contributed by atoms with E-state index >= 15 is 0 Å². The molecule has 1 aliphatic carbocycles. The van der Waals surface area contributed by atoms with Crippen molar-refractivity contribution in [2.75, 3.05) is 22.5 Å². The van der Waals surface area contributed by atoms with Crippen LogP contribution in [0.2, 0.25) is 5.02 Å². The van der Waals surface area contributed by atoms with Crippen LogP contribution < -0.4 is 21.3 Å². The second-order valence-corrected chi connectivity index (χ2v) is 10.1. The van der Waals surface area contributed by atoms with E-state index in [9.17, 15) is 14.4 Å². The third-order valence-corrected chi connectivity index (χ3v) is 6.02. The van der Waals surface area contributed by atoms with Gasteiger partial charge >= 0.3 is 0 Å². The molecule has 3 rings (SSSR count). The lowest BCUT2D eigenvalue weighted by Crippen LogP contribution is -2.36. The van der Waals surface area contributed by atoms with Crippen molar-refractivity contribution in [3.63, 3.8) is 0 Å². The summed E-state index contributed by atoms with van der Waals surface area (Å²) in [6, 6.07) is 12.2. The molecule has 34 heavy (non-hydrogen) atoms. The summed E-state index contributed by atoms with van der Waals surface area (Å²) in [5.74, 6) is -0.565. The van der Waals surface area contributed by atoms with Crippen molar-refractivity contribution >= 4 is 46.4 Å². The predicted molar refractivity (Wildman–Crippen MR) is 137 cm³/mol. The second-order valence-electron chi connectivity index (χ2n) is 9.69. The molecule has 0 bridgehead atoms. The smallest absolute Gasteiger partial charge is 0.253 e. The number of rotatable bonds is 7. The summed E-state index contributed by atoms with van der Waals surface area (Å²) in [6.07, 6.45) is 5.44. The van der Waals surface area contributed by atoms with Crippen molar-refractivity contribution in [1.82, 2.24) is 5.32 Å². The summed E-state index contributed by atoms with van der Waals surface area (Å²) >= 11 is 6.26. The van der Waals surface area contributed by atoms with Gasteiger partial charge in [0.05, 0.1) is 17.1 Å². The van der Waals surface area contributed by atoms with Gasteiger partial charge in [-0.1, -0.05) is 57.7 Å². The van der Waals surface area contributed by atoms with Gasteiger partial charge in [-0.25, -0.2) is 0 Å². The van der Waals surface area contributed by atoms with Gasteiger partial charge in [0.25, 0.3) is 5.91 Å². The Labute approximate surface area is 206 Å². The zero-order valence-corrected chi connectivity index (χ0v) is 20.7. The monoisotopic (exact) mass is 484 g/mol. The Morgan fingerprint density at radius 3 is 2.26 bits per heavy atom. The van der Waals surface area contributed by atoms with Crippen LogP contribution in [0.4, 0.5) is 17.1 Å². The van der Waals surface area contributed by atoms with Crippen LogP contribution in [0.3, 0.4) is 0 Å². The van der Waals surface area contributed by atoms with Crippen LogP contribution in [0.5, 0.6) is 0 Å². The standard InChI is InChI=1S/C26H33ClN4O3/c1-26(2,3)25(34)31-20-11-7-10-19(14-20)29-23(32)16-28-18-12-13-22(27)21(15-18)24(33)30-17-8-5-4-6-9-17/h7,10-15,17,28H,4-6,8-9,16H2,1-3H3,(H,29,32)(H,30,33)(H,31,34). The van der Waals surface area contributed by atoms with Gasteiger partial charge in [-0.05, 0) is 49.2 Å². The summed E-state index contributed by atoms with van der Waals surface area (Å²) in [4.78, 5) is 37.4. The Morgan fingerprint density at radius 2 is 1.59 bits per heavy atom. The molecule has 7 nitrogen and oxygen atoms in total. The first-order valence-electron chi connectivity index (χ1n) is 11.7. The minimum atomic E-state index is -0.520. The van der Waals surface area contributed by atoms with Crippen molar-refractivity contribution in [2.24, 2.45) is 5.41 Å². The quantitative estimate of drug-likeness (QED) is 0.420. The van der Waals surface area contributed by atoms with Crippen LogP contribution >= 0.6 is 11.6 Å². The number of benzene rings is 2. The van der Waals surface area contributed by atoms with Crippen LogP contribution in [0.25, 0.3) is 0 Å². The van der Waals surface area contributed by atoms with Crippen molar-refractivity contribution in [3.8, 4) is 0 Å². The minimum absolute atomic E-state index is 0.00386. The lowest BCUT2D eigenvalue weighted by atomic mass is 9.95. The van der Waals surface area contributed by atoms with E-state index in [4.69, 9.17) is 11.6 Å². The van der Waals surface area contributed by atoms with E-state index in [-0.39, 0.29) is 30.3 Å². The highest BCUT2D eigenvalue weighted by atomic mass is 35.5. The van der Waals surface area contributed by atoms with Crippen LogP contribution in [0.15, 0.2) is 42.5 Å². The molecular weight excluding hydrogens is 452 g/mol. The summed E-state index contributed by atoms with van der Waals surface area (Å²) < 4.78 is 0. The molecule has 0 atom stereocenters. The van der Waals surface area contributed by atoms with E-state index in [2.05, 4.69) is 21.3 Å². The van der Waals surface area contributed by atoms with Crippen LogP contribution in [0.1, 0.15) is 63.2 Å². The Kier molecular flexibility index (Phi) is 8.56. The van der Waals surface area contributed by atoms with Crippen molar-refractivity contribution in [2.45, 2.75) is 58.9 Å². The van der Waals surface area contributed by atoms with E-state index in [0.29, 0.717) is 27.6 Å². The Hall–Kier alpha value is -3.06. The molecule has 2 aromatic carbocycles.